The number of guanidine groups is 1. The quantitative estimate of drug-likeness (QED) is 0.592. The van der Waals surface area contributed by atoms with Crippen molar-refractivity contribution in [3.05, 3.63) is 29.3 Å². The van der Waals surface area contributed by atoms with Gasteiger partial charge in [0.2, 0.25) is 0 Å². The predicted octanol–water partition coefficient (Wildman–Crippen LogP) is 2.84. The van der Waals surface area contributed by atoms with E-state index in [0.29, 0.717) is 17.3 Å². The van der Waals surface area contributed by atoms with E-state index in [0.717, 1.165) is 38.4 Å². The second kappa shape index (κ2) is 9.63. The summed E-state index contributed by atoms with van der Waals surface area (Å²) in [5, 5.41) is 7.23. The lowest BCUT2D eigenvalue weighted by atomic mass is 10.2. The van der Waals surface area contributed by atoms with Gasteiger partial charge in [-0.1, -0.05) is 30.7 Å². The van der Waals surface area contributed by atoms with Gasteiger partial charge in [-0.25, -0.2) is 0 Å². The maximum atomic E-state index is 6.14. The van der Waals surface area contributed by atoms with Crippen LogP contribution in [-0.2, 0) is 4.74 Å². The summed E-state index contributed by atoms with van der Waals surface area (Å²) in [6.45, 7) is 4.39. The molecule has 6 heteroatoms. The van der Waals surface area contributed by atoms with Crippen molar-refractivity contribution in [1.29, 1.82) is 0 Å². The van der Waals surface area contributed by atoms with E-state index >= 15 is 0 Å². The topological polar surface area (TPSA) is 54.9 Å². The number of aliphatic imine (C=N–C) groups is 1. The summed E-state index contributed by atoms with van der Waals surface area (Å²) in [6, 6.07) is 7.53. The molecule has 1 heterocycles. The van der Waals surface area contributed by atoms with E-state index < -0.39 is 0 Å². The number of ether oxygens (including phenoxy) is 2. The second-order valence-corrected chi connectivity index (χ2v) is 5.95. The van der Waals surface area contributed by atoms with Crippen LogP contribution in [0.1, 0.15) is 26.2 Å². The van der Waals surface area contributed by atoms with Gasteiger partial charge in [0.15, 0.2) is 5.96 Å². The third-order valence-electron chi connectivity index (χ3n) is 3.83. The molecule has 0 spiro atoms. The molecule has 5 nitrogen and oxygen atoms in total. The van der Waals surface area contributed by atoms with Crippen LogP contribution in [-0.4, -0.2) is 44.9 Å². The van der Waals surface area contributed by atoms with Crippen LogP contribution in [0.3, 0.4) is 0 Å². The molecule has 2 unspecified atom stereocenters. The zero-order chi connectivity index (χ0) is 16.5. The smallest absolute Gasteiger partial charge is 0.191 e. The van der Waals surface area contributed by atoms with Gasteiger partial charge in [0.25, 0.3) is 0 Å². The van der Waals surface area contributed by atoms with Crippen LogP contribution in [0.4, 0.5) is 0 Å². The lowest BCUT2D eigenvalue weighted by Gasteiger charge is -2.21. The fourth-order valence-corrected chi connectivity index (χ4v) is 2.62. The van der Waals surface area contributed by atoms with Gasteiger partial charge < -0.3 is 20.1 Å². The number of halogens is 1. The highest BCUT2D eigenvalue weighted by Crippen LogP contribution is 2.24. The minimum atomic E-state index is 0.0242. The number of benzene rings is 1. The number of nitrogens with zero attached hydrogens (tertiary/aromatic N) is 1. The standard InChI is InChI=1S/C17H26ClN3O2/c1-3-13(23-16-9-5-4-8-15(16)18)11-20-17(19-2)21-12-14-7-6-10-22-14/h4-5,8-9,13-14H,3,6-7,10-12H2,1-2H3,(H2,19,20,21). The van der Waals surface area contributed by atoms with Crippen molar-refractivity contribution in [2.45, 2.75) is 38.4 Å². The molecule has 1 aromatic rings. The fourth-order valence-electron chi connectivity index (χ4n) is 2.44. The highest BCUT2D eigenvalue weighted by Gasteiger charge is 2.16. The molecule has 0 aromatic heterocycles. The average Bonchev–Trinajstić information content (AvgIpc) is 3.09. The maximum absolute atomic E-state index is 6.14. The Balaban J connectivity index is 1.77. The number of para-hydroxylation sites is 1. The molecule has 128 valence electrons. The molecular formula is C17H26ClN3O2. The van der Waals surface area contributed by atoms with Crippen molar-refractivity contribution >= 4 is 17.6 Å². The summed E-state index contributed by atoms with van der Waals surface area (Å²) < 4.78 is 11.6. The van der Waals surface area contributed by atoms with Gasteiger partial charge >= 0.3 is 0 Å². The van der Waals surface area contributed by atoms with Crippen molar-refractivity contribution in [3.8, 4) is 5.75 Å². The van der Waals surface area contributed by atoms with Crippen molar-refractivity contribution < 1.29 is 9.47 Å². The van der Waals surface area contributed by atoms with Crippen LogP contribution in [0, 0.1) is 0 Å². The zero-order valence-corrected chi connectivity index (χ0v) is 14.6. The van der Waals surface area contributed by atoms with Gasteiger partial charge in [-0.15, -0.1) is 0 Å². The predicted molar refractivity (Wildman–Crippen MR) is 94.5 cm³/mol. The van der Waals surface area contributed by atoms with Gasteiger partial charge in [0.05, 0.1) is 17.7 Å². The second-order valence-electron chi connectivity index (χ2n) is 5.55. The Hall–Kier alpha value is -1.46. The third kappa shape index (κ3) is 5.92. The van der Waals surface area contributed by atoms with E-state index in [1.54, 1.807) is 7.05 Å². The first-order valence-corrected chi connectivity index (χ1v) is 8.58. The van der Waals surface area contributed by atoms with E-state index in [9.17, 15) is 0 Å². The molecule has 2 rings (SSSR count). The molecule has 1 saturated heterocycles. The van der Waals surface area contributed by atoms with Crippen LogP contribution in [0.5, 0.6) is 5.75 Å². The Morgan fingerprint density at radius 2 is 2.26 bits per heavy atom. The van der Waals surface area contributed by atoms with Crippen molar-refractivity contribution in [3.63, 3.8) is 0 Å². The molecular weight excluding hydrogens is 314 g/mol. The van der Waals surface area contributed by atoms with E-state index in [4.69, 9.17) is 21.1 Å². The first kappa shape index (κ1) is 17.9. The average molecular weight is 340 g/mol. The monoisotopic (exact) mass is 339 g/mol. The van der Waals surface area contributed by atoms with Crippen molar-refractivity contribution in [1.82, 2.24) is 10.6 Å². The van der Waals surface area contributed by atoms with E-state index in [2.05, 4.69) is 22.5 Å². The molecule has 2 N–H and O–H groups in total. The first-order valence-electron chi connectivity index (χ1n) is 8.20. The number of nitrogens with one attached hydrogen (secondary N) is 2. The highest BCUT2D eigenvalue weighted by atomic mass is 35.5. The summed E-state index contributed by atoms with van der Waals surface area (Å²) in [6.07, 6.45) is 3.44. The van der Waals surface area contributed by atoms with Crippen LogP contribution in [0.25, 0.3) is 0 Å². The Morgan fingerprint density at radius 1 is 1.43 bits per heavy atom. The molecule has 2 atom stereocenters. The molecule has 0 amide bonds. The van der Waals surface area contributed by atoms with Gasteiger partial charge in [-0.05, 0) is 31.4 Å². The SMILES string of the molecule is CCC(CNC(=NC)NCC1CCCO1)Oc1ccccc1Cl. The van der Waals surface area contributed by atoms with Gasteiger partial charge in [0.1, 0.15) is 11.9 Å². The van der Waals surface area contributed by atoms with E-state index in [-0.39, 0.29) is 12.2 Å². The Labute approximate surface area is 143 Å². The summed E-state index contributed by atoms with van der Waals surface area (Å²) in [5.41, 5.74) is 0. The molecule has 1 aliphatic heterocycles. The Kier molecular flexibility index (Phi) is 7.49. The third-order valence-corrected chi connectivity index (χ3v) is 4.14. The van der Waals surface area contributed by atoms with E-state index in [1.165, 1.54) is 0 Å². The molecule has 1 aliphatic rings. The Bertz CT molecular complexity index is 504. The minimum Gasteiger partial charge on any atom is -0.487 e. The zero-order valence-electron chi connectivity index (χ0n) is 13.8. The van der Waals surface area contributed by atoms with Crippen LogP contribution >= 0.6 is 11.6 Å². The van der Waals surface area contributed by atoms with Crippen molar-refractivity contribution in [2.75, 3.05) is 26.7 Å². The summed E-state index contributed by atoms with van der Waals surface area (Å²) in [7, 11) is 1.76. The lowest BCUT2D eigenvalue weighted by molar-refractivity contribution is 0.113. The molecule has 0 saturated carbocycles. The maximum Gasteiger partial charge on any atom is 0.191 e. The van der Waals surface area contributed by atoms with Crippen LogP contribution in [0.15, 0.2) is 29.3 Å². The number of hydrogen-bond donors (Lipinski definition) is 2. The van der Waals surface area contributed by atoms with Gasteiger partial charge in [-0.2, -0.15) is 0 Å². The lowest BCUT2D eigenvalue weighted by Crippen LogP contribution is -2.44. The summed E-state index contributed by atoms with van der Waals surface area (Å²) in [4.78, 5) is 4.24. The van der Waals surface area contributed by atoms with Crippen LogP contribution < -0.4 is 15.4 Å². The normalized spacial score (nSPS) is 19.4. The molecule has 0 bridgehead atoms. The molecule has 1 fully saturated rings. The van der Waals surface area contributed by atoms with Gasteiger partial charge in [-0.3, -0.25) is 4.99 Å². The molecule has 1 aromatic carbocycles. The summed E-state index contributed by atoms with van der Waals surface area (Å²) >= 11 is 6.14. The molecule has 0 radical (unpaired) electrons. The number of hydrogen-bond acceptors (Lipinski definition) is 3. The Morgan fingerprint density at radius 3 is 2.91 bits per heavy atom. The fraction of sp³-hybridized carbons (Fsp3) is 0.588. The van der Waals surface area contributed by atoms with Gasteiger partial charge in [0, 0.05) is 20.2 Å². The number of rotatable bonds is 7. The summed E-state index contributed by atoms with van der Waals surface area (Å²) in [5.74, 6) is 1.48. The molecule has 0 aliphatic carbocycles. The first-order chi connectivity index (χ1) is 11.2. The highest BCUT2D eigenvalue weighted by molar-refractivity contribution is 6.32. The van der Waals surface area contributed by atoms with E-state index in [1.807, 2.05) is 24.3 Å². The largest absolute Gasteiger partial charge is 0.487 e. The molecule has 23 heavy (non-hydrogen) atoms. The minimum absolute atomic E-state index is 0.0242. The van der Waals surface area contributed by atoms with Crippen LogP contribution in [0.2, 0.25) is 5.02 Å². The van der Waals surface area contributed by atoms with Crippen molar-refractivity contribution in [2.24, 2.45) is 4.99 Å².